The molecular weight excluding hydrogens is 302 g/mol. The third kappa shape index (κ3) is 5.70. The van der Waals surface area contributed by atoms with Gasteiger partial charge < -0.3 is 26.5 Å². The van der Waals surface area contributed by atoms with E-state index < -0.39 is 29.9 Å². The number of imidazole rings is 1. The summed E-state index contributed by atoms with van der Waals surface area (Å²) in [6, 6.07) is -1.95. The number of aromatic amines is 1. The quantitative estimate of drug-likeness (QED) is 0.393. The average molecular weight is 325 g/mol. The number of rotatable bonds is 9. The first-order valence-corrected chi connectivity index (χ1v) is 7.38. The molecular formula is C14H23N5O4. The predicted molar refractivity (Wildman–Crippen MR) is 82.3 cm³/mol. The number of carboxylic acid groups (broad SMARTS) is 1. The Morgan fingerprint density at radius 1 is 1.39 bits per heavy atom. The number of carbonyl (C=O) groups excluding carboxylic acids is 2. The topological polar surface area (TPSA) is 150 Å². The summed E-state index contributed by atoms with van der Waals surface area (Å²) in [5, 5.41) is 14.3. The molecule has 6 N–H and O–H groups in total. The maximum Gasteiger partial charge on any atom is 0.326 e. The highest BCUT2D eigenvalue weighted by molar-refractivity contribution is 5.91. The summed E-state index contributed by atoms with van der Waals surface area (Å²) >= 11 is 0. The van der Waals surface area contributed by atoms with Gasteiger partial charge in [0.05, 0.1) is 12.9 Å². The number of hydrogen-bond acceptors (Lipinski definition) is 5. The summed E-state index contributed by atoms with van der Waals surface area (Å²) < 4.78 is 0. The molecule has 0 bridgehead atoms. The number of carbonyl (C=O) groups is 3. The van der Waals surface area contributed by atoms with E-state index in [1.54, 1.807) is 6.92 Å². The van der Waals surface area contributed by atoms with Crippen molar-refractivity contribution in [2.24, 2.45) is 11.7 Å². The minimum absolute atomic E-state index is 0.0686. The van der Waals surface area contributed by atoms with Gasteiger partial charge in [0.2, 0.25) is 11.8 Å². The zero-order valence-corrected chi connectivity index (χ0v) is 13.2. The Hall–Kier alpha value is -2.42. The van der Waals surface area contributed by atoms with Crippen molar-refractivity contribution in [3.8, 4) is 0 Å². The van der Waals surface area contributed by atoms with Crippen molar-refractivity contribution < 1.29 is 19.5 Å². The molecule has 128 valence electrons. The fourth-order valence-corrected chi connectivity index (χ4v) is 2.01. The molecule has 1 heterocycles. The first-order chi connectivity index (χ1) is 10.9. The maximum atomic E-state index is 12.4. The molecule has 0 aliphatic heterocycles. The molecule has 0 saturated heterocycles. The summed E-state index contributed by atoms with van der Waals surface area (Å²) in [5.74, 6) is -2.34. The normalized spacial score (nSPS) is 14.6. The van der Waals surface area contributed by atoms with E-state index in [1.807, 2.05) is 6.92 Å². The summed E-state index contributed by atoms with van der Waals surface area (Å²) in [6.45, 7) is 3.43. The summed E-state index contributed by atoms with van der Waals surface area (Å²) in [4.78, 5) is 41.8. The third-order valence-corrected chi connectivity index (χ3v) is 3.59. The van der Waals surface area contributed by atoms with Gasteiger partial charge in [0.1, 0.15) is 12.1 Å². The van der Waals surface area contributed by atoms with Gasteiger partial charge in [-0.15, -0.1) is 0 Å². The largest absolute Gasteiger partial charge is 0.480 e. The van der Waals surface area contributed by atoms with Gasteiger partial charge in [0, 0.05) is 18.3 Å². The number of nitrogens with two attached hydrogens (primary N) is 1. The number of hydrogen-bond donors (Lipinski definition) is 5. The van der Waals surface area contributed by atoms with Crippen LogP contribution in [0.2, 0.25) is 0 Å². The zero-order chi connectivity index (χ0) is 17.4. The lowest BCUT2D eigenvalue weighted by Crippen LogP contribution is -2.55. The van der Waals surface area contributed by atoms with Crippen molar-refractivity contribution >= 4 is 17.8 Å². The van der Waals surface area contributed by atoms with Crippen LogP contribution in [0, 0.1) is 5.92 Å². The molecule has 1 aromatic rings. The van der Waals surface area contributed by atoms with Crippen molar-refractivity contribution in [2.75, 3.05) is 6.54 Å². The smallest absolute Gasteiger partial charge is 0.326 e. The van der Waals surface area contributed by atoms with Crippen LogP contribution in [0.5, 0.6) is 0 Å². The Balaban J connectivity index is 2.80. The SMILES string of the molecule is CCC(C)C(NC(=O)CN)C(=O)NC(Cc1cnc[nH]1)C(=O)O. The second-order valence-electron chi connectivity index (χ2n) is 5.32. The van der Waals surface area contributed by atoms with E-state index in [1.165, 1.54) is 12.5 Å². The lowest BCUT2D eigenvalue weighted by Gasteiger charge is -2.25. The van der Waals surface area contributed by atoms with Gasteiger partial charge in [-0.05, 0) is 5.92 Å². The van der Waals surface area contributed by atoms with Crippen molar-refractivity contribution in [1.29, 1.82) is 0 Å². The number of nitrogens with zero attached hydrogens (tertiary/aromatic N) is 1. The Morgan fingerprint density at radius 2 is 2.09 bits per heavy atom. The molecule has 0 radical (unpaired) electrons. The van der Waals surface area contributed by atoms with E-state index in [0.717, 1.165) is 0 Å². The molecule has 0 fully saturated rings. The summed E-state index contributed by atoms with van der Waals surface area (Å²) in [6.07, 6.45) is 3.63. The van der Waals surface area contributed by atoms with Gasteiger partial charge in [-0.3, -0.25) is 9.59 Å². The molecule has 1 rings (SSSR count). The van der Waals surface area contributed by atoms with Crippen LogP contribution in [-0.2, 0) is 20.8 Å². The van der Waals surface area contributed by atoms with Crippen LogP contribution in [0.15, 0.2) is 12.5 Å². The lowest BCUT2D eigenvalue weighted by molar-refractivity contribution is -0.142. The molecule has 2 amide bonds. The number of carboxylic acids is 1. The highest BCUT2D eigenvalue weighted by atomic mass is 16.4. The number of H-pyrrole nitrogens is 1. The van der Waals surface area contributed by atoms with E-state index in [4.69, 9.17) is 5.73 Å². The minimum atomic E-state index is -1.17. The maximum absolute atomic E-state index is 12.4. The third-order valence-electron chi connectivity index (χ3n) is 3.59. The fraction of sp³-hybridized carbons (Fsp3) is 0.571. The molecule has 23 heavy (non-hydrogen) atoms. The number of aromatic nitrogens is 2. The number of nitrogens with one attached hydrogen (secondary N) is 3. The first kappa shape index (κ1) is 18.6. The van der Waals surface area contributed by atoms with E-state index in [0.29, 0.717) is 12.1 Å². The molecule has 3 unspecified atom stereocenters. The van der Waals surface area contributed by atoms with E-state index in [-0.39, 0.29) is 18.9 Å². The second kappa shape index (κ2) is 8.89. The van der Waals surface area contributed by atoms with E-state index in [9.17, 15) is 19.5 Å². The van der Waals surface area contributed by atoms with Crippen LogP contribution in [-0.4, -0.2) is 51.5 Å². The van der Waals surface area contributed by atoms with Crippen LogP contribution in [0.4, 0.5) is 0 Å². The van der Waals surface area contributed by atoms with Gasteiger partial charge in [0.25, 0.3) is 0 Å². The lowest BCUT2D eigenvalue weighted by atomic mass is 9.97. The molecule has 3 atom stereocenters. The molecule has 1 aromatic heterocycles. The van der Waals surface area contributed by atoms with Crippen molar-refractivity contribution in [2.45, 2.75) is 38.8 Å². The molecule has 9 heteroatoms. The van der Waals surface area contributed by atoms with E-state index in [2.05, 4.69) is 20.6 Å². The molecule has 0 saturated carbocycles. The van der Waals surface area contributed by atoms with Gasteiger partial charge >= 0.3 is 5.97 Å². The summed E-state index contributed by atoms with van der Waals surface area (Å²) in [5.41, 5.74) is 5.84. The molecule has 0 spiro atoms. The molecule has 0 aliphatic rings. The Bertz CT molecular complexity index is 531. The van der Waals surface area contributed by atoms with Crippen LogP contribution in [0.25, 0.3) is 0 Å². The van der Waals surface area contributed by atoms with Crippen LogP contribution in [0.1, 0.15) is 26.0 Å². The van der Waals surface area contributed by atoms with Crippen LogP contribution < -0.4 is 16.4 Å². The second-order valence-corrected chi connectivity index (χ2v) is 5.32. The zero-order valence-electron chi connectivity index (χ0n) is 13.2. The van der Waals surface area contributed by atoms with E-state index >= 15 is 0 Å². The Kier molecular flexibility index (Phi) is 7.20. The number of amides is 2. The molecule has 9 nitrogen and oxygen atoms in total. The monoisotopic (exact) mass is 325 g/mol. The van der Waals surface area contributed by atoms with Crippen molar-refractivity contribution in [1.82, 2.24) is 20.6 Å². The minimum Gasteiger partial charge on any atom is -0.480 e. The summed E-state index contributed by atoms with van der Waals surface area (Å²) in [7, 11) is 0. The Labute approximate surface area is 134 Å². The fourth-order valence-electron chi connectivity index (χ4n) is 2.01. The molecule has 0 aliphatic carbocycles. The Morgan fingerprint density at radius 3 is 2.57 bits per heavy atom. The van der Waals surface area contributed by atoms with Crippen molar-refractivity contribution in [3.05, 3.63) is 18.2 Å². The van der Waals surface area contributed by atoms with Crippen molar-refractivity contribution in [3.63, 3.8) is 0 Å². The average Bonchev–Trinajstić information content (AvgIpc) is 3.03. The highest BCUT2D eigenvalue weighted by Gasteiger charge is 2.29. The van der Waals surface area contributed by atoms with Gasteiger partial charge in [-0.25, -0.2) is 9.78 Å². The first-order valence-electron chi connectivity index (χ1n) is 7.38. The van der Waals surface area contributed by atoms with Gasteiger partial charge in [-0.2, -0.15) is 0 Å². The predicted octanol–water partition coefficient (Wildman–Crippen LogP) is -0.989. The van der Waals surface area contributed by atoms with Gasteiger partial charge in [-0.1, -0.05) is 20.3 Å². The van der Waals surface area contributed by atoms with Crippen LogP contribution in [0.3, 0.4) is 0 Å². The van der Waals surface area contributed by atoms with Crippen LogP contribution >= 0.6 is 0 Å². The molecule has 0 aromatic carbocycles. The number of aliphatic carboxylic acids is 1. The van der Waals surface area contributed by atoms with Gasteiger partial charge in [0.15, 0.2) is 0 Å². The standard InChI is InChI=1S/C14H23N5O4/c1-3-8(2)12(19-11(20)5-15)13(21)18-10(14(22)23)4-9-6-16-7-17-9/h6-8,10,12H,3-5,15H2,1-2H3,(H,16,17)(H,18,21)(H,19,20)(H,22,23). The highest BCUT2D eigenvalue weighted by Crippen LogP contribution is 2.09.